The number of nitrogens with one attached hydrogen (secondary N) is 1. The Kier molecular flexibility index (Phi) is 2.40. The van der Waals surface area contributed by atoms with Crippen molar-refractivity contribution in [2.45, 2.75) is 18.8 Å². The third-order valence-corrected chi connectivity index (χ3v) is 3.38. The molecule has 0 unspecified atom stereocenters. The zero-order valence-corrected chi connectivity index (χ0v) is 9.00. The first-order valence-corrected chi connectivity index (χ1v) is 5.72. The predicted octanol–water partition coefficient (Wildman–Crippen LogP) is 3.04. The third kappa shape index (κ3) is 1.52. The van der Waals surface area contributed by atoms with Crippen LogP contribution in [0.5, 0.6) is 0 Å². The Labute approximate surface area is 93.4 Å². The number of piperidine rings is 1. The van der Waals surface area contributed by atoms with E-state index in [0.29, 0.717) is 11.5 Å². The molecule has 1 N–H and O–H groups in total. The second kappa shape index (κ2) is 3.91. The molecule has 1 saturated heterocycles. The molecule has 3 heteroatoms. The van der Waals surface area contributed by atoms with Gasteiger partial charge in [0.25, 0.3) is 0 Å². The summed E-state index contributed by atoms with van der Waals surface area (Å²) in [6.45, 7) is 2.09. The van der Waals surface area contributed by atoms with E-state index in [2.05, 4.69) is 5.32 Å². The van der Waals surface area contributed by atoms with E-state index in [4.69, 9.17) is 4.42 Å². The summed E-state index contributed by atoms with van der Waals surface area (Å²) >= 11 is 0. The molecule has 0 saturated carbocycles. The Bertz CT molecular complexity index is 500. The molecule has 1 fully saturated rings. The van der Waals surface area contributed by atoms with Crippen LogP contribution < -0.4 is 5.32 Å². The number of fused-ring (bicyclic) bond motifs is 1. The average Bonchev–Trinajstić information content (AvgIpc) is 2.81. The minimum Gasteiger partial charge on any atom is -0.461 e. The fraction of sp³-hybridized carbons (Fsp3) is 0.385. The Hall–Kier alpha value is -1.35. The fourth-order valence-corrected chi connectivity index (χ4v) is 2.54. The highest BCUT2D eigenvalue weighted by molar-refractivity contribution is 5.82. The fourth-order valence-electron chi connectivity index (χ4n) is 2.54. The van der Waals surface area contributed by atoms with E-state index < -0.39 is 0 Å². The van der Waals surface area contributed by atoms with Crippen molar-refractivity contribution in [3.8, 4) is 0 Å². The molecule has 0 amide bonds. The minimum atomic E-state index is -0.266. The molecule has 0 spiro atoms. The van der Waals surface area contributed by atoms with Crippen LogP contribution in [-0.4, -0.2) is 13.1 Å². The molecule has 1 aromatic carbocycles. The van der Waals surface area contributed by atoms with Gasteiger partial charge in [-0.05, 0) is 49.5 Å². The molecule has 1 aliphatic heterocycles. The SMILES string of the molecule is Fc1ccc(C2CCNCC2)c2ccoc12. The Morgan fingerprint density at radius 2 is 2.00 bits per heavy atom. The molecule has 16 heavy (non-hydrogen) atoms. The topological polar surface area (TPSA) is 25.2 Å². The Balaban J connectivity index is 2.08. The van der Waals surface area contributed by atoms with E-state index in [1.807, 2.05) is 12.1 Å². The number of furan rings is 1. The second-order valence-corrected chi connectivity index (χ2v) is 4.32. The molecule has 2 aromatic rings. The number of hydrogen-bond donors (Lipinski definition) is 1. The van der Waals surface area contributed by atoms with Gasteiger partial charge in [0.2, 0.25) is 0 Å². The lowest BCUT2D eigenvalue weighted by Gasteiger charge is -2.23. The molecule has 1 aromatic heterocycles. The molecule has 1 aliphatic rings. The van der Waals surface area contributed by atoms with Gasteiger partial charge in [-0.1, -0.05) is 6.07 Å². The smallest absolute Gasteiger partial charge is 0.169 e. The zero-order valence-electron chi connectivity index (χ0n) is 9.00. The van der Waals surface area contributed by atoms with Crippen LogP contribution in [0, 0.1) is 5.82 Å². The summed E-state index contributed by atoms with van der Waals surface area (Å²) in [7, 11) is 0. The maximum Gasteiger partial charge on any atom is 0.169 e. The summed E-state index contributed by atoms with van der Waals surface area (Å²) in [5.74, 6) is 0.264. The number of rotatable bonds is 1. The molecular formula is C13H14FNO. The van der Waals surface area contributed by atoms with Crippen molar-refractivity contribution in [3.63, 3.8) is 0 Å². The minimum absolute atomic E-state index is 0.266. The Morgan fingerprint density at radius 1 is 1.19 bits per heavy atom. The summed E-state index contributed by atoms with van der Waals surface area (Å²) in [6.07, 6.45) is 3.80. The second-order valence-electron chi connectivity index (χ2n) is 4.32. The molecule has 0 aliphatic carbocycles. The van der Waals surface area contributed by atoms with Gasteiger partial charge >= 0.3 is 0 Å². The van der Waals surface area contributed by atoms with Crippen molar-refractivity contribution in [1.82, 2.24) is 5.32 Å². The number of benzene rings is 1. The standard InChI is InChI=1S/C13H14FNO/c14-12-2-1-10(9-3-6-15-7-4-9)11-5-8-16-13(11)12/h1-2,5,8-9,15H,3-4,6-7H2. The number of hydrogen-bond acceptors (Lipinski definition) is 2. The van der Waals surface area contributed by atoms with E-state index in [0.717, 1.165) is 31.3 Å². The lowest BCUT2D eigenvalue weighted by Crippen LogP contribution is -2.26. The largest absolute Gasteiger partial charge is 0.461 e. The number of halogens is 1. The van der Waals surface area contributed by atoms with Gasteiger partial charge in [-0.2, -0.15) is 0 Å². The van der Waals surface area contributed by atoms with Crippen molar-refractivity contribution in [2.24, 2.45) is 0 Å². The molecule has 2 nitrogen and oxygen atoms in total. The van der Waals surface area contributed by atoms with Gasteiger partial charge in [0.05, 0.1) is 6.26 Å². The molecule has 3 rings (SSSR count). The van der Waals surface area contributed by atoms with Gasteiger partial charge in [-0.3, -0.25) is 0 Å². The molecule has 0 bridgehead atoms. The summed E-state index contributed by atoms with van der Waals surface area (Å²) in [5.41, 5.74) is 1.63. The maximum absolute atomic E-state index is 13.5. The first-order valence-electron chi connectivity index (χ1n) is 5.72. The van der Waals surface area contributed by atoms with Crippen molar-refractivity contribution >= 4 is 11.0 Å². The maximum atomic E-state index is 13.5. The molecule has 84 valence electrons. The summed E-state index contributed by atoms with van der Waals surface area (Å²) in [4.78, 5) is 0. The van der Waals surface area contributed by atoms with E-state index in [1.165, 1.54) is 11.6 Å². The van der Waals surface area contributed by atoms with Crippen molar-refractivity contribution in [2.75, 3.05) is 13.1 Å². The van der Waals surface area contributed by atoms with Gasteiger partial charge in [0, 0.05) is 5.39 Å². The van der Waals surface area contributed by atoms with Crippen LogP contribution in [0.3, 0.4) is 0 Å². The van der Waals surface area contributed by atoms with Crippen LogP contribution in [0.15, 0.2) is 28.9 Å². The van der Waals surface area contributed by atoms with Crippen LogP contribution in [0.4, 0.5) is 4.39 Å². The molecule has 0 atom stereocenters. The lowest BCUT2D eigenvalue weighted by atomic mass is 9.88. The lowest BCUT2D eigenvalue weighted by molar-refractivity contribution is 0.461. The first-order chi connectivity index (χ1) is 7.86. The van der Waals surface area contributed by atoms with Gasteiger partial charge in [-0.15, -0.1) is 0 Å². The average molecular weight is 219 g/mol. The third-order valence-electron chi connectivity index (χ3n) is 3.38. The van der Waals surface area contributed by atoms with E-state index in [9.17, 15) is 4.39 Å². The predicted molar refractivity (Wildman–Crippen MR) is 61.0 cm³/mol. The van der Waals surface area contributed by atoms with E-state index in [-0.39, 0.29) is 5.82 Å². The Morgan fingerprint density at radius 3 is 2.81 bits per heavy atom. The van der Waals surface area contributed by atoms with Crippen LogP contribution in [0.2, 0.25) is 0 Å². The molecule has 0 radical (unpaired) electrons. The summed E-state index contributed by atoms with van der Waals surface area (Å²) in [5, 5.41) is 4.28. The normalized spacial score (nSPS) is 18.1. The van der Waals surface area contributed by atoms with E-state index >= 15 is 0 Å². The quantitative estimate of drug-likeness (QED) is 0.797. The highest BCUT2D eigenvalue weighted by atomic mass is 19.1. The van der Waals surface area contributed by atoms with Crippen LogP contribution in [0.1, 0.15) is 24.3 Å². The van der Waals surface area contributed by atoms with Crippen LogP contribution >= 0.6 is 0 Å². The highest BCUT2D eigenvalue weighted by Crippen LogP contribution is 2.32. The molecular weight excluding hydrogens is 205 g/mol. The highest BCUT2D eigenvalue weighted by Gasteiger charge is 2.19. The zero-order chi connectivity index (χ0) is 11.0. The van der Waals surface area contributed by atoms with Crippen LogP contribution in [0.25, 0.3) is 11.0 Å². The molecule has 2 heterocycles. The van der Waals surface area contributed by atoms with Crippen LogP contribution in [-0.2, 0) is 0 Å². The monoisotopic (exact) mass is 219 g/mol. The van der Waals surface area contributed by atoms with Crippen molar-refractivity contribution in [1.29, 1.82) is 0 Å². The van der Waals surface area contributed by atoms with Crippen molar-refractivity contribution < 1.29 is 8.81 Å². The summed E-state index contributed by atoms with van der Waals surface area (Å²) in [6, 6.07) is 5.29. The van der Waals surface area contributed by atoms with Gasteiger partial charge in [0.15, 0.2) is 11.4 Å². The van der Waals surface area contributed by atoms with E-state index in [1.54, 1.807) is 6.26 Å². The van der Waals surface area contributed by atoms with Gasteiger partial charge in [-0.25, -0.2) is 4.39 Å². The van der Waals surface area contributed by atoms with Crippen molar-refractivity contribution in [3.05, 3.63) is 35.8 Å². The van der Waals surface area contributed by atoms with Gasteiger partial charge in [0.1, 0.15) is 0 Å². The van der Waals surface area contributed by atoms with Gasteiger partial charge < -0.3 is 9.73 Å². The first kappa shape index (κ1) is 9.85. The summed E-state index contributed by atoms with van der Waals surface area (Å²) < 4.78 is 18.7.